The number of unbranched alkanes of at least 4 members (excludes halogenated alkanes) is 23. The van der Waals surface area contributed by atoms with E-state index in [0.717, 1.165) is 77.7 Å². The van der Waals surface area contributed by atoms with Gasteiger partial charge in [-0.25, -0.2) is 4.57 Å². The zero-order valence-electron chi connectivity index (χ0n) is 36.3. The van der Waals surface area contributed by atoms with Gasteiger partial charge in [-0.3, -0.25) is 18.6 Å². The fourth-order valence-electron chi connectivity index (χ4n) is 6.36. The molecule has 0 heterocycles. The van der Waals surface area contributed by atoms with Crippen LogP contribution in [0, 0.1) is 0 Å². The minimum absolute atomic E-state index is 0.217. The lowest BCUT2D eigenvalue weighted by Crippen LogP contribution is -2.29. The Kier molecular flexibility index (Phi) is 41.1. The molecule has 0 aromatic rings. The lowest BCUT2D eigenvalue weighted by atomic mass is 10.0. The van der Waals surface area contributed by atoms with E-state index in [9.17, 15) is 19.0 Å². The zero-order valence-corrected chi connectivity index (χ0v) is 37.2. The number of phosphoric acid groups is 1. The first kappa shape index (κ1) is 54.0. The Labute approximate surface area is 344 Å². The topological polar surface area (TPSA) is 108 Å². The fraction of sp³-hybridized carbons (Fsp3) is 0.787. The smallest absolute Gasteiger partial charge is 0.462 e. The molecule has 8 nitrogen and oxygen atoms in total. The second kappa shape index (κ2) is 42.6. The lowest BCUT2D eigenvalue weighted by molar-refractivity contribution is -0.161. The molecule has 0 saturated carbocycles. The highest BCUT2D eigenvalue weighted by atomic mass is 31.2. The van der Waals surface area contributed by atoms with Crippen LogP contribution < -0.4 is 0 Å². The molecule has 2 unspecified atom stereocenters. The molecule has 0 aromatic heterocycles. The number of hydrogen-bond donors (Lipinski definition) is 1. The van der Waals surface area contributed by atoms with Gasteiger partial charge in [0, 0.05) is 20.0 Å². The van der Waals surface area contributed by atoms with Crippen molar-refractivity contribution < 1.29 is 37.6 Å². The number of ether oxygens (including phenoxy) is 2. The van der Waals surface area contributed by atoms with Gasteiger partial charge in [0.15, 0.2) is 6.10 Å². The van der Waals surface area contributed by atoms with E-state index in [1.54, 1.807) is 0 Å². The van der Waals surface area contributed by atoms with Gasteiger partial charge >= 0.3 is 19.8 Å². The van der Waals surface area contributed by atoms with Crippen LogP contribution in [0.2, 0.25) is 0 Å². The Morgan fingerprint density at radius 2 is 0.911 bits per heavy atom. The minimum atomic E-state index is -4.27. The van der Waals surface area contributed by atoms with Gasteiger partial charge in [-0.05, 0) is 51.4 Å². The second-order valence-electron chi connectivity index (χ2n) is 15.2. The highest BCUT2D eigenvalue weighted by Crippen LogP contribution is 2.42. The van der Waals surface area contributed by atoms with E-state index in [0.29, 0.717) is 6.42 Å². The van der Waals surface area contributed by atoms with E-state index in [-0.39, 0.29) is 25.4 Å². The Balaban J connectivity index is 3.97. The number of esters is 2. The van der Waals surface area contributed by atoms with Gasteiger partial charge in [-0.15, -0.1) is 0 Å². The summed E-state index contributed by atoms with van der Waals surface area (Å²) in [6, 6.07) is 0. The van der Waals surface area contributed by atoms with E-state index < -0.39 is 26.5 Å². The molecular formula is C47H85O8P. The monoisotopic (exact) mass is 809 g/mol. The molecule has 0 radical (unpaired) electrons. The van der Waals surface area contributed by atoms with Crippen LogP contribution in [0.4, 0.5) is 0 Å². The average molecular weight is 809 g/mol. The van der Waals surface area contributed by atoms with Crippen LogP contribution >= 0.6 is 7.82 Å². The van der Waals surface area contributed by atoms with Gasteiger partial charge in [0.2, 0.25) is 0 Å². The first-order valence-corrected chi connectivity index (χ1v) is 24.3. The van der Waals surface area contributed by atoms with Gasteiger partial charge in [-0.1, -0.05) is 197 Å². The molecule has 0 aromatic carbocycles. The van der Waals surface area contributed by atoms with Crippen molar-refractivity contribution in [2.45, 2.75) is 219 Å². The van der Waals surface area contributed by atoms with Crippen molar-refractivity contribution in [1.82, 2.24) is 0 Å². The average Bonchev–Trinajstić information content (AvgIpc) is 3.19. The molecule has 9 heteroatoms. The van der Waals surface area contributed by atoms with Crippen molar-refractivity contribution in [1.29, 1.82) is 0 Å². The van der Waals surface area contributed by atoms with Crippen molar-refractivity contribution in [3.8, 4) is 0 Å². The molecule has 0 rings (SSSR count). The van der Waals surface area contributed by atoms with Crippen molar-refractivity contribution in [2.24, 2.45) is 0 Å². The predicted molar refractivity (Wildman–Crippen MR) is 235 cm³/mol. The van der Waals surface area contributed by atoms with Crippen molar-refractivity contribution in [2.75, 3.05) is 20.3 Å². The highest BCUT2D eigenvalue weighted by Gasteiger charge is 2.24. The van der Waals surface area contributed by atoms with Gasteiger partial charge in [0.25, 0.3) is 0 Å². The number of phosphoric ester groups is 1. The number of carbonyl (C=O) groups excluding carboxylic acids is 2. The van der Waals surface area contributed by atoms with Gasteiger partial charge in [-0.2, -0.15) is 0 Å². The third-order valence-electron chi connectivity index (χ3n) is 9.84. The first-order chi connectivity index (χ1) is 27.3. The number of rotatable bonds is 42. The number of carbonyl (C=O) groups is 2. The van der Waals surface area contributed by atoms with Crippen LogP contribution in [0.25, 0.3) is 0 Å². The number of hydrogen-bond acceptors (Lipinski definition) is 7. The molecule has 0 aliphatic carbocycles. The SMILES string of the molecule is CC/C=C\C/C=C\C/C=C\C/C=C\CCCCCCC(=O)OC(COC(=O)CCCCCCCCCCCCCCCCCCCCCC)COP(=O)(O)OC. The molecule has 0 fully saturated rings. The maximum Gasteiger partial charge on any atom is 0.472 e. The van der Waals surface area contributed by atoms with E-state index >= 15 is 0 Å². The van der Waals surface area contributed by atoms with Crippen LogP contribution in [-0.4, -0.2) is 43.3 Å². The quantitative estimate of drug-likeness (QED) is 0.0281. The predicted octanol–water partition coefficient (Wildman–Crippen LogP) is 14.6. The Morgan fingerprint density at radius 1 is 0.518 bits per heavy atom. The largest absolute Gasteiger partial charge is 0.472 e. The molecule has 0 aliphatic heterocycles. The minimum Gasteiger partial charge on any atom is -0.462 e. The third-order valence-corrected chi connectivity index (χ3v) is 10.8. The van der Waals surface area contributed by atoms with Crippen LogP contribution in [0.5, 0.6) is 0 Å². The van der Waals surface area contributed by atoms with Crippen molar-refractivity contribution in [3.63, 3.8) is 0 Å². The first-order valence-electron chi connectivity index (χ1n) is 22.8. The van der Waals surface area contributed by atoms with Crippen LogP contribution in [0.3, 0.4) is 0 Å². The Hall–Kier alpha value is -1.99. The molecular weight excluding hydrogens is 723 g/mol. The Bertz CT molecular complexity index is 1050. The van der Waals surface area contributed by atoms with Gasteiger partial charge in [0.1, 0.15) is 6.61 Å². The molecule has 0 aliphatic rings. The summed E-state index contributed by atoms with van der Waals surface area (Å²) in [6.45, 7) is 3.78. The van der Waals surface area contributed by atoms with Crippen LogP contribution in [-0.2, 0) is 32.7 Å². The fourth-order valence-corrected chi connectivity index (χ4v) is 6.82. The highest BCUT2D eigenvalue weighted by molar-refractivity contribution is 7.47. The molecule has 0 amide bonds. The molecule has 0 spiro atoms. The molecule has 0 bridgehead atoms. The number of allylic oxidation sites excluding steroid dienone is 8. The summed E-state index contributed by atoms with van der Waals surface area (Å²) in [7, 11) is -3.21. The summed E-state index contributed by atoms with van der Waals surface area (Å²) in [6.07, 6.45) is 51.7. The molecule has 1 N–H and O–H groups in total. The molecule has 326 valence electrons. The summed E-state index contributed by atoms with van der Waals surface area (Å²) in [5.74, 6) is -0.825. The molecule has 2 atom stereocenters. The van der Waals surface area contributed by atoms with Crippen molar-refractivity contribution in [3.05, 3.63) is 48.6 Å². The van der Waals surface area contributed by atoms with Gasteiger partial charge < -0.3 is 14.4 Å². The summed E-state index contributed by atoms with van der Waals surface area (Å²) >= 11 is 0. The third kappa shape index (κ3) is 41.6. The summed E-state index contributed by atoms with van der Waals surface area (Å²) in [5, 5.41) is 0. The van der Waals surface area contributed by atoms with E-state index in [2.05, 4.69) is 67.0 Å². The Morgan fingerprint density at radius 3 is 1.36 bits per heavy atom. The normalized spacial score (nSPS) is 13.7. The maximum absolute atomic E-state index is 12.5. The van der Waals surface area contributed by atoms with E-state index in [1.165, 1.54) is 109 Å². The standard InChI is InChI=1S/C47H85O8P/c1-4-6-8-10-12-14-16-18-20-22-23-24-26-27-29-31-33-35-37-39-41-46(48)53-43-45(44-54-56(50,51)52-3)55-47(49)42-40-38-36-34-32-30-28-25-21-19-17-15-13-11-9-7-5-2/h7,9,13,15,19,21,28,30,45H,4-6,8,10-12,14,16-18,20,22-27,29,31-44H2,1-3H3,(H,50,51)/b9-7-,15-13-,21-19-,30-28-. The maximum atomic E-state index is 12.5. The molecule has 56 heavy (non-hydrogen) atoms. The molecule has 0 saturated heterocycles. The second-order valence-corrected chi connectivity index (χ2v) is 16.7. The van der Waals surface area contributed by atoms with Gasteiger partial charge in [0.05, 0.1) is 6.61 Å². The summed E-state index contributed by atoms with van der Waals surface area (Å²) < 4.78 is 32.0. The van der Waals surface area contributed by atoms with E-state index in [1.807, 2.05) is 0 Å². The van der Waals surface area contributed by atoms with Crippen LogP contribution in [0.15, 0.2) is 48.6 Å². The summed E-state index contributed by atoms with van der Waals surface area (Å²) in [5.41, 5.74) is 0. The van der Waals surface area contributed by atoms with Crippen molar-refractivity contribution >= 4 is 19.8 Å². The van der Waals surface area contributed by atoms with Crippen LogP contribution in [0.1, 0.15) is 213 Å². The zero-order chi connectivity index (χ0) is 41.1. The summed E-state index contributed by atoms with van der Waals surface area (Å²) in [4.78, 5) is 34.5. The van der Waals surface area contributed by atoms with E-state index in [4.69, 9.17) is 14.0 Å². The lowest BCUT2D eigenvalue weighted by Gasteiger charge is -2.19.